The lowest BCUT2D eigenvalue weighted by Crippen LogP contribution is -2.02. The SMILES string of the molecule is CCc1cccc(Oc2cncc(C(=O)O)n2)c1. The van der Waals surface area contributed by atoms with E-state index in [0.29, 0.717) is 5.75 Å². The lowest BCUT2D eigenvalue weighted by molar-refractivity contribution is 0.0689. The van der Waals surface area contributed by atoms with E-state index in [1.165, 1.54) is 12.4 Å². The van der Waals surface area contributed by atoms with E-state index < -0.39 is 5.97 Å². The molecule has 0 aliphatic rings. The molecular weight excluding hydrogens is 232 g/mol. The normalized spacial score (nSPS) is 10.1. The van der Waals surface area contributed by atoms with Crippen molar-refractivity contribution in [3.8, 4) is 11.6 Å². The number of hydrogen-bond acceptors (Lipinski definition) is 4. The molecule has 92 valence electrons. The summed E-state index contributed by atoms with van der Waals surface area (Å²) >= 11 is 0. The van der Waals surface area contributed by atoms with Crippen LogP contribution in [0.1, 0.15) is 23.0 Å². The molecule has 0 aliphatic heterocycles. The lowest BCUT2D eigenvalue weighted by atomic mass is 10.2. The van der Waals surface area contributed by atoms with Crippen molar-refractivity contribution in [3.05, 3.63) is 47.9 Å². The third-order valence-corrected chi connectivity index (χ3v) is 2.36. The van der Waals surface area contributed by atoms with Crippen molar-refractivity contribution in [2.75, 3.05) is 0 Å². The molecule has 0 saturated carbocycles. The van der Waals surface area contributed by atoms with Gasteiger partial charge < -0.3 is 9.84 Å². The van der Waals surface area contributed by atoms with Crippen molar-refractivity contribution in [1.29, 1.82) is 0 Å². The van der Waals surface area contributed by atoms with E-state index >= 15 is 0 Å². The Labute approximate surface area is 104 Å². The van der Waals surface area contributed by atoms with Gasteiger partial charge in [-0.25, -0.2) is 9.78 Å². The molecule has 0 aliphatic carbocycles. The van der Waals surface area contributed by atoms with Crippen LogP contribution in [0.2, 0.25) is 0 Å². The molecule has 1 aromatic carbocycles. The first-order valence-corrected chi connectivity index (χ1v) is 5.51. The van der Waals surface area contributed by atoms with Gasteiger partial charge in [0, 0.05) is 0 Å². The zero-order valence-electron chi connectivity index (χ0n) is 9.83. The molecule has 18 heavy (non-hydrogen) atoms. The first-order chi connectivity index (χ1) is 8.69. The highest BCUT2D eigenvalue weighted by Gasteiger charge is 2.07. The molecule has 2 rings (SSSR count). The number of carboxylic acids is 1. The lowest BCUT2D eigenvalue weighted by Gasteiger charge is -2.06. The Morgan fingerprint density at radius 2 is 2.22 bits per heavy atom. The number of carbonyl (C=O) groups is 1. The van der Waals surface area contributed by atoms with Crippen LogP contribution in [0.15, 0.2) is 36.7 Å². The van der Waals surface area contributed by atoms with Crippen molar-refractivity contribution in [1.82, 2.24) is 9.97 Å². The summed E-state index contributed by atoms with van der Waals surface area (Å²) in [5.41, 5.74) is 0.994. The van der Waals surface area contributed by atoms with Crippen molar-refractivity contribution < 1.29 is 14.6 Å². The van der Waals surface area contributed by atoms with Gasteiger partial charge in [-0.15, -0.1) is 0 Å². The Morgan fingerprint density at radius 3 is 2.94 bits per heavy atom. The second kappa shape index (κ2) is 5.27. The predicted molar refractivity (Wildman–Crippen MR) is 64.9 cm³/mol. The first kappa shape index (κ1) is 12.0. The number of carboxylic acid groups (broad SMARTS) is 1. The molecule has 0 saturated heterocycles. The zero-order chi connectivity index (χ0) is 13.0. The molecule has 0 atom stereocenters. The summed E-state index contributed by atoms with van der Waals surface area (Å²) in [6.45, 7) is 2.05. The molecule has 0 spiro atoms. The molecule has 1 N–H and O–H groups in total. The molecule has 0 amide bonds. The molecular formula is C13H12N2O3. The summed E-state index contributed by atoms with van der Waals surface area (Å²) in [7, 11) is 0. The summed E-state index contributed by atoms with van der Waals surface area (Å²) < 4.78 is 5.47. The molecule has 0 bridgehead atoms. The van der Waals surface area contributed by atoms with Gasteiger partial charge in [0.25, 0.3) is 0 Å². The third-order valence-electron chi connectivity index (χ3n) is 2.36. The smallest absolute Gasteiger partial charge is 0.356 e. The number of rotatable bonds is 4. The number of aromatic carboxylic acids is 1. The van der Waals surface area contributed by atoms with Crippen LogP contribution in [0, 0.1) is 0 Å². The van der Waals surface area contributed by atoms with E-state index in [4.69, 9.17) is 9.84 Å². The maximum atomic E-state index is 10.7. The van der Waals surface area contributed by atoms with Gasteiger partial charge in [0.2, 0.25) is 5.88 Å². The summed E-state index contributed by atoms with van der Waals surface area (Å²) in [6.07, 6.45) is 3.46. The molecule has 0 fully saturated rings. The maximum absolute atomic E-state index is 10.7. The fourth-order valence-corrected chi connectivity index (χ4v) is 1.45. The summed E-state index contributed by atoms with van der Waals surface area (Å²) in [6, 6.07) is 7.54. The molecule has 2 aromatic rings. The fraction of sp³-hybridized carbons (Fsp3) is 0.154. The van der Waals surface area contributed by atoms with Crippen LogP contribution in [-0.4, -0.2) is 21.0 Å². The van der Waals surface area contributed by atoms with Gasteiger partial charge in [-0.05, 0) is 24.1 Å². The first-order valence-electron chi connectivity index (χ1n) is 5.51. The highest BCUT2D eigenvalue weighted by molar-refractivity contribution is 5.84. The van der Waals surface area contributed by atoms with Crippen molar-refractivity contribution in [2.45, 2.75) is 13.3 Å². The van der Waals surface area contributed by atoms with Gasteiger partial charge in [-0.3, -0.25) is 4.98 Å². The van der Waals surface area contributed by atoms with E-state index in [9.17, 15) is 4.79 Å². The zero-order valence-corrected chi connectivity index (χ0v) is 9.83. The Bertz CT molecular complexity index is 570. The number of benzene rings is 1. The molecule has 0 radical (unpaired) electrons. The van der Waals surface area contributed by atoms with Gasteiger partial charge >= 0.3 is 5.97 Å². The fourth-order valence-electron chi connectivity index (χ4n) is 1.45. The molecule has 1 aromatic heterocycles. The van der Waals surface area contributed by atoms with E-state index in [1.54, 1.807) is 6.07 Å². The van der Waals surface area contributed by atoms with Crippen molar-refractivity contribution >= 4 is 5.97 Å². The highest BCUT2D eigenvalue weighted by Crippen LogP contribution is 2.20. The molecule has 0 unspecified atom stereocenters. The number of nitrogens with zero attached hydrogens (tertiary/aromatic N) is 2. The quantitative estimate of drug-likeness (QED) is 0.894. The second-order valence-electron chi connectivity index (χ2n) is 3.65. The van der Waals surface area contributed by atoms with Crippen LogP contribution in [0.5, 0.6) is 11.6 Å². The second-order valence-corrected chi connectivity index (χ2v) is 3.65. The minimum atomic E-state index is -1.13. The van der Waals surface area contributed by atoms with Gasteiger partial charge in [-0.1, -0.05) is 19.1 Å². The van der Waals surface area contributed by atoms with Gasteiger partial charge in [-0.2, -0.15) is 0 Å². The van der Waals surface area contributed by atoms with Gasteiger partial charge in [0.1, 0.15) is 5.75 Å². The van der Waals surface area contributed by atoms with Crippen LogP contribution in [0.25, 0.3) is 0 Å². The minimum Gasteiger partial charge on any atom is -0.476 e. The van der Waals surface area contributed by atoms with E-state index in [2.05, 4.69) is 9.97 Å². The van der Waals surface area contributed by atoms with Crippen LogP contribution < -0.4 is 4.74 Å². The monoisotopic (exact) mass is 244 g/mol. The van der Waals surface area contributed by atoms with E-state index in [1.807, 2.05) is 25.1 Å². The molecule has 1 heterocycles. The van der Waals surface area contributed by atoms with Crippen LogP contribution in [0.4, 0.5) is 0 Å². The Kier molecular flexibility index (Phi) is 3.52. The highest BCUT2D eigenvalue weighted by atomic mass is 16.5. The van der Waals surface area contributed by atoms with Crippen LogP contribution in [0.3, 0.4) is 0 Å². The number of aryl methyl sites for hydroxylation is 1. The van der Waals surface area contributed by atoms with E-state index in [0.717, 1.165) is 12.0 Å². The Hall–Kier alpha value is -2.43. The summed E-state index contributed by atoms with van der Waals surface area (Å²) in [5.74, 6) is -0.343. The summed E-state index contributed by atoms with van der Waals surface area (Å²) in [4.78, 5) is 18.4. The Balaban J connectivity index is 2.22. The number of ether oxygens (including phenoxy) is 1. The van der Waals surface area contributed by atoms with Crippen molar-refractivity contribution in [2.24, 2.45) is 0 Å². The maximum Gasteiger partial charge on any atom is 0.356 e. The van der Waals surface area contributed by atoms with Gasteiger partial charge in [0.15, 0.2) is 5.69 Å². The van der Waals surface area contributed by atoms with Gasteiger partial charge in [0.05, 0.1) is 12.4 Å². The summed E-state index contributed by atoms with van der Waals surface area (Å²) in [5, 5.41) is 8.80. The van der Waals surface area contributed by atoms with Crippen LogP contribution in [-0.2, 0) is 6.42 Å². The number of aromatic nitrogens is 2. The third kappa shape index (κ3) is 2.82. The van der Waals surface area contributed by atoms with Crippen LogP contribution >= 0.6 is 0 Å². The average molecular weight is 244 g/mol. The molecule has 5 heteroatoms. The topological polar surface area (TPSA) is 72.3 Å². The number of hydrogen-bond donors (Lipinski definition) is 1. The Morgan fingerprint density at radius 1 is 1.39 bits per heavy atom. The largest absolute Gasteiger partial charge is 0.476 e. The minimum absolute atomic E-state index is 0.140. The average Bonchev–Trinajstić information content (AvgIpc) is 2.39. The van der Waals surface area contributed by atoms with Crippen molar-refractivity contribution in [3.63, 3.8) is 0 Å². The molecule has 5 nitrogen and oxygen atoms in total. The predicted octanol–water partition coefficient (Wildman–Crippen LogP) is 2.53. The van der Waals surface area contributed by atoms with E-state index in [-0.39, 0.29) is 11.6 Å². The standard InChI is InChI=1S/C13H12N2O3/c1-2-9-4-3-5-10(6-9)18-12-8-14-7-11(15-12)13(16)17/h3-8H,2H2,1H3,(H,16,17).